The third-order valence-electron chi connectivity index (χ3n) is 2.49. The molecule has 0 amide bonds. The maximum Gasteiger partial charge on any atom is 0.262 e. The Hall–Kier alpha value is -1.73. The van der Waals surface area contributed by atoms with Crippen LogP contribution < -0.4 is 9.46 Å². The molecule has 20 heavy (non-hydrogen) atoms. The lowest BCUT2D eigenvalue weighted by molar-refractivity contribution is 0.415. The Morgan fingerprint density at radius 1 is 1.20 bits per heavy atom. The lowest BCUT2D eigenvalue weighted by Gasteiger charge is -2.10. The molecule has 2 N–H and O–H groups in total. The van der Waals surface area contributed by atoms with Crippen molar-refractivity contribution in [3.8, 4) is 11.5 Å². The predicted octanol–water partition coefficient (Wildman–Crippen LogP) is 2.96. The van der Waals surface area contributed by atoms with Crippen molar-refractivity contribution in [2.45, 2.75) is 4.90 Å². The van der Waals surface area contributed by atoms with E-state index in [1.807, 2.05) is 0 Å². The minimum absolute atomic E-state index is 0.0172. The van der Waals surface area contributed by atoms with E-state index in [0.717, 1.165) is 0 Å². The molecular weight excluding hydrogens is 346 g/mol. The van der Waals surface area contributed by atoms with E-state index in [-0.39, 0.29) is 10.6 Å². The quantitative estimate of drug-likeness (QED) is 0.881. The summed E-state index contributed by atoms with van der Waals surface area (Å²) in [7, 11) is -2.27. The van der Waals surface area contributed by atoms with Crippen LogP contribution in [0.2, 0.25) is 0 Å². The first-order valence-corrected chi connectivity index (χ1v) is 7.85. The molecule has 0 fully saturated rings. The van der Waals surface area contributed by atoms with Gasteiger partial charge in [-0.1, -0.05) is 22.0 Å². The number of phenols is 1. The van der Waals surface area contributed by atoms with Gasteiger partial charge in [-0.25, -0.2) is 8.42 Å². The van der Waals surface area contributed by atoms with Gasteiger partial charge in [-0.05, 0) is 24.3 Å². The molecule has 2 aromatic rings. The van der Waals surface area contributed by atoms with Crippen molar-refractivity contribution in [1.82, 2.24) is 0 Å². The second-order valence-electron chi connectivity index (χ2n) is 3.98. The lowest BCUT2D eigenvalue weighted by atomic mass is 10.3. The number of hydrogen-bond acceptors (Lipinski definition) is 4. The van der Waals surface area contributed by atoms with E-state index in [1.54, 1.807) is 18.2 Å². The van der Waals surface area contributed by atoms with Gasteiger partial charge in [-0.15, -0.1) is 0 Å². The zero-order valence-electron chi connectivity index (χ0n) is 10.5. The summed E-state index contributed by atoms with van der Waals surface area (Å²) in [6.07, 6.45) is 0. The van der Waals surface area contributed by atoms with E-state index in [0.29, 0.717) is 15.9 Å². The topological polar surface area (TPSA) is 75.6 Å². The van der Waals surface area contributed by atoms with Gasteiger partial charge in [0.05, 0.1) is 17.7 Å². The number of hydrogen-bond donors (Lipinski definition) is 2. The van der Waals surface area contributed by atoms with Gasteiger partial charge in [0, 0.05) is 16.6 Å². The molecule has 0 spiro atoms. The molecule has 7 heteroatoms. The lowest BCUT2D eigenvalue weighted by Crippen LogP contribution is -2.12. The predicted molar refractivity (Wildman–Crippen MR) is 79.6 cm³/mol. The van der Waals surface area contributed by atoms with E-state index >= 15 is 0 Å². The van der Waals surface area contributed by atoms with Crippen LogP contribution in [-0.2, 0) is 10.0 Å². The number of halogens is 1. The average Bonchev–Trinajstić information content (AvgIpc) is 2.37. The Bertz CT molecular complexity index is 731. The standard InChI is InChI=1S/C13H12BrNO4S/c1-19-12-6-9(14)5-10(7-12)15-20(17,18)13-4-2-3-11(16)8-13/h2-8,15-16H,1H3. The molecule has 0 aliphatic heterocycles. The van der Waals surface area contributed by atoms with Gasteiger partial charge in [0.15, 0.2) is 0 Å². The van der Waals surface area contributed by atoms with E-state index in [2.05, 4.69) is 20.7 Å². The molecule has 2 rings (SSSR count). The normalized spacial score (nSPS) is 11.1. The molecule has 0 radical (unpaired) electrons. The maximum absolute atomic E-state index is 12.2. The molecule has 0 heterocycles. The smallest absolute Gasteiger partial charge is 0.262 e. The van der Waals surface area contributed by atoms with Crippen LogP contribution in [0.25, 0.3) is 0 Å². The number of anilines is 1. The van der Waals surface area contributed by atoms with Gasteiger partial charge >= 0.3 is 0 Å². The van der Waals surface area contributed by atoms with Crippen LogP contribution in [0, 0.1) is 0 Å². The highest BCUT2D eigenvalue weighted by Crippen LogP contribution is 2.26. The van der Waals surface area contributed by atoms with Crippen LogP contribution in [-0.4, -0.2) is 20.6 Å². The van der Waals surface area contributed by atoms with Gasteiger partial charge in [0.2, 0.25) is 0 Å². The van der Waals surface area contributed by atoms with E-state index in [9.17, 15) is 13.5 Å². The molecule has 0 unspecified atom stereocenters. The minimum atomic E-state index is -3.76. The molecule has 0 atom stereocenters. The molecule has 0 aromatic heterocycles. The number of phenolic OH excluding ortho intramolecular Hbond substituents is 1. The molecule has 0 bridgehead atoms. The highest BCUT2D eigenvalue weighted by Gasteiger charge is 2.15. The molecule has 5 nitrogen and oxygen atoms in total. The molecular formula is C13H12BrNO4S. The van der Waals surface area contributed by atoms with Crippen LogP contribution in [0.3, 0.4) is 0 Å². The monoisotopic (exact) mass is 357 g/mol. The van der Waals surface area contributed by atoms with Crippen molar-refractivity contribution in [1.29, 1.82) is 0 Å². The summed E-state index contributed by atoms with van der Waals surface area (Å²) < 4.78 is 32.6. The van der Waals surface area contributed by atoms with Gasteiger partial charge in [0.25, 0.3) is 10.0 Å². The fraction of sp³-hybridized carbons (Fsp3) is 0.0769. The van der Waals surface area contributed by atoms with E-state index in [4.69, 9.17) is 4.74 Å². The van der Waals surface area contributed by atoms with Crippen molar-refractivity contribution in [3.63, 3.8) is 0 Å². The maximum atomic E-state index is 12.2. The fourth-order valence-electron chi connectivity index (χ4n) is 1.60. The number of methoxy groups -OCH3 is 1. The molecule has 0 aliphatic carbocycles. The summed E-state index contributed by atoms with van der Waals surface area (Å²) in [6, 6.07) is 10.3. The number of rotatable bonds is 4. The number of sulfonamides is 1. The zero-order chi connectivity index (χ0) is 14.8. The fourth-order valence-corrected chi connectivity index (χ4v) is 3.16. The molecule has 2 aromatic carbocycles. The van der Waals surface area contributed by atoms with Gasteiger partial charge in [-0.2, -0.15) is 0 Å². The summed E-state index contributed by atoms with van der Waals surface area (Å²) in [5, 5.41) is 9.35. The van der Waals surface area contributed by atoms with Crippen LogP contribution in [0.15, 0.2) is 51.8 Å². The summed E-state index contributed by atoms with van der Waals surface area (Å²) >= 11 is 3.27. The van der Waals surface area contributed by atoms with Crippen LogP contribution >= 0.6 is 15.9 Å². The Balaban J connectivity index is 2.35. The van der Waals surface area contributed by atoms with Crippen LogP contribution in [0.4, 0.5) is 5.69 Å². The number of aromatic hydroxyl groups is 1. The highest BCUT2D eigenvalue weighted by molar-refractivity contribution is 9.10. The Labute approximate surface area is 125 Å². The third-order valence-corrected chi connectivity index (χ3v) is 4.32. The average molecular weight is 358 g/mol. The second kappa shape index (κ2) is 5.72. The summed E-state index contributed by atoms with van der Waals surface area (Å²) in [5.41, 5.74) is 0.361. The van der Waals surface area contributed by atoms with Gasteiger partial charge < -0.3 is 9.84 Å². The van der Waals surface area contributed by atoms with Gasteiger partial charge in [0.1, 0.15) is 11.5 Å². The van der Waals surface area contributed by atoms with Crippen LogP contribution in [0.5, 0.6) is 11.5 Å². The first kappa shape index (κ1) is 14.7. The Kier molecular flexibility index (Phi) is 4.20. The van der Waals surface area contributed by atoms with Crippen molar-refractivity contribution in [2.24, 2.45) is 0 Å². The summed E-state index contributed by atoms with van der Waals surface area (Å²) in [5.74, 6) is 0.410. The van der Waals surface area contributed by atoms with Crippen molar-refractivity contribution in [2.75, 3.05) is 11.8 Å². The Morgan fingerprint density at radius 2 is 1.95 bits per heavy atom. The van der Waals surface area contributed by atoms with Gasteiger partial charge in [-0.3, -0.25) is 4.72 Å². The third kappa shape index (κ3) is 3.43. The van der Waals surface area contributed by atoms with Crippen molar-refractivity contribution >= 4 is 31.6 Å². The minimum Gasteiger partial charge on any atom is -0.508 e. The number of ether oxygens (including phenoxy) is 1. The number of nitrogens with one attached hydrogen (secondary N) is 1. The van der Waals surface area contributed by atoms with Crippen molar-refractivity contribution < 1.29 is 18.3 Å². The highest BCUT2D eigenvalue weighted by atomic mass is 79.9. The van der Waals surface area contributed by atoms with E-state index in [1.165, 1.54) is 31.4 Å². The second-order valence-corrected chi connectivity index (χ2v) is 6.58. The largest absolute Gasteiger partial charge is 0.508 e. The summed E-state index contributed by atoms with van der Waals surface area (Å²) in [6.45, 7) is 0. The first-order chi connectivity index (χ1) is 9.40. The van der Waals surface area contributed by atoms with Crippen LogP contribution in [0.1, 0.15) is 0 Å². The Morgan fingerprint density at radius 3 is 2.60 bits per heavy atom. The van der Waals surface area contributed by atoms with E-state index < -0.39 is 10.0 Å². The first-order valence-electron chi connectivity index (χ1n) is 5.57. The zero-order valence-corrected chi connectivity index (χ0v) is 12.9. The molecule has 106 valence electrons. The SMILES string of the molecule is COc1cc(Br)cc(NS(=O)(=O)c2cccc(O)c2)c1. The summed E-state index contributed by atoms with van der Waals surface area (Å²) in [4.78, 5) is -0.0172. The molecule has 0 saturated heterocycles. The van der Waals surface area contributed by atoms with Crippen molar-refractivity contribution in [3.05, 3.63) is 46.9 Å². The molecule has 0 aliphatic rings. The number of benzene rings is 2. The molecule has 0 saturated carbocycles.